The number of aryl methyl sites for hydroxylation is 1. The number of hydrogen-bond donors (Lipinski definition) is 2. The molecular weight excluding hydrogens is 258 g/mol. The van der Waals surface area contributed by atoms with Crippen LogP contribution in [0.5, 0.6) is 5.75 Å². The minimum atomic E-state index is -2.92. The Morgan fingerprint density at radius 3 is 2.89 bits per heavy atom. The maximum absolute atomic E-state index is 12.0. The molecule has 1 heterocycles. The number of alkyl halides is 2. The third-order valence-electron chi connectivity index (χ3n) is 2.12. The Labute approximate surface area is 106 Å². The third kappa shape index (κ3) is 3.47. The molecule has 1 aromatic heterocycles. The predicted octanol–water partition coefficient (Wildman–Crippen LogP) is 1.97. The molecule has 0 saturated carbocycles. The molecule has 0 unspecified atom stereocenters. The first-order chi connectivity index (χ1) is 9.04. The summed E-state index contributed by atoms with van der Waals surface area (Å²) in [5.74, 6) is -0.116. The molecule has 0 aliphatic heterocycles. The number of aromatic nitrogens is 3. The van der Waals surface area contributed by atoms with Crippen LogP contribution >= 0.6 is 0 Å². The molecule has 100 valence electrons. The molecule has 0 spiro atoms. The number of nitrogens with zero attached hydrogens (tertiary/aromatic N) is 2. The largest absolute Gasteiger partial charge is 0.435 e. The van der Waals surface area contributed by atoms with Crippen LogP contribution in [0.25, 0.3) is 0 Å². The van der Waals surface area contributed by atoms with Crippen molar-refractivity contribution in [3.8, 4) is 5.75 Å². The zero-order valence-corrected chi connectivity index (χ0v) is 9.85. The van der Waals surface area contributed by atoms with Gasteiger partial charge in [-0.2, -0.15) is 8.78 Å². The van der Waals surface area contributed by atoms with E-state index in [4.69, 9.17) is 0 Å². The number of hydrogen-bond acceptors (Lipinski definition) is 4. The van der Waals surface area contributed by atoms with Gasteiger partial charge in [-0.3, -0.25) is 9.89 Å². The second-order valence-electron chi connectivity index (χ2n) is 3.60. The SMILES string of the molecule is Cc1nc(C(=O)Nc2cccc(OC(F)F)c2)n[nH]1. The van der Waals surface area contributed by atoms with Gasteiger partial charge in [0.2, 0.25) is 5.82 Å². The van der Waals surface area contributed by atoms with Gasteiger partial charge in [-0.25, -0.2) is 4.98 Å². The van der Waals surface area contributed by atoms with Crippen molar-refractivity contribution >= 4 is 11.6 Å². The van der Waals surface area contributed by atoms with Gasteiger partial charge in [0.05, 0.1) is 0 Å². The van der Waals surface area contributed by atoms with Crippen molar-refractivity contribution in [2.75, 3.05) is 5.32 Å². The normalized spacial score (nSPS) is 10.5. The number of amides is 1. The highest BCUT2D eigenvalue weighted by atomic mass is 19.3. The van der Waals surface area contributed by atoms with Crippen LogP contribution < -0.4 is 10.1 Å². The topological polar surface area (TPSA) is 79.9 Å². The van der Waals surface area contributed by atoms with E-state index in [0.29, 0.717) is 11.5 Å². The number of ether oxygens (including phenoxy) is 1. The lowest BCUT2D eigenvalue weighted by Gasteiger charge is -2.07. The molecule has 2 aromatic rings. The number of rotatable bonds is 4. The van der Waals surface area contributed by atoms with Crippen molar-refractivity contribution in [2.24, 2.45) is 0 Å². The fourth-order valence-corrected chi connectivity index (χ4v) is 1.38. The van der Waals surface area contributed by atoms with Crippen molar-refractivity contribution in [2.45, 2.75) is 13.5 Å². The Morgan fingerprint density at radius 2 is 2.26 bits per heavy atom. The summed E-state index contributed by atoms with van der Waals surface area (Å²) in [6.07, 6.45) is 0. The first-order valence-corrected chi connectivity index (χ1v) is 5.30. The number of anilines is 1. The van der Waals surface area contributed by atoms with E-state index in [0.717, 1.165) is 0 Å². The van der Waals surface area contributed by atoms with Gasteiger partial charge >= 0.3 is 6.61 Å². The number of aromatic amines is 1. The summed E-state index contributed by atoms with van der Waals surface area (Å²) < 4.78 is 28.3. The summed E-state index contributed by atoms with van der Waals surface area (Å²) in [7, 11) is 0. The van der Waals surface area contributed by atoms with E-state index in [-0.39, 0.29) is 11.6 Å². The highest BCUT2D eigenvalue weighted by molar-refractivity contribution is 6.01. The molecule has 0 saturated heterocycles. The van der Waals surface area contributed by atoms with Crippen molar-refractivity contribution in [3.05, 3.63) is 35.9 Å². The van der Waals surface area contributed by atoms with Crippen LogP contribution in [0.4, 0.5) is 14.5 Å². The van der Waals surface area contributed by atoms with Crippen LogP contribution in [-0.2, 0) is 0 Å². The van der Waals surface area contributed by atoms with Gasteiger partial charge in [-0.1, -0.05) is 6.07 Å². The standard InChI is InChI=1S/C11H10F2N4O2/c1-6-14-9(17-16-6)10(18)15-7-3-2-4-8(5-7)19-11(12)13/h2-5,11H,1H3,(H,15,18)(H,14,16,17). The Bertz CT molecular complexity index is 586. The summed E-state index contributed by atoms with van der Waals surface area (Å²) in [6.45, 7) is -1.26. The molecule has 2 N–H and O–H groups in total. The van der Waals surface area contributed by atoms with Crippen molar-refractivity contribution < 1.29 is 18.3 Å². The van der Waals surface area contributed by atoms with E-state index >= 15 is 0 Å². The fraction of sp³-hybridized carbons (Fsp3) is 0.182. The summed E-state index contributed by atoms with van der Waals surface area (Å²) in [6, 6.07) is 5.66. The molecule has 1 amide bonds. The zero-order chi connectivity index (χ0) is 13.8. The number of benzene rings is 1. The third-order valence-corrected chi connectivity index (χ3v) is 2.12. The van der Waals surface area contributed by atoms with Gasteiger partial charge in [-0.15, -0.1) is 5.10 Å². The molecule has 6 nitrogen and oxygen atoms in total. The van der Waals surface area contributed by atoms with Crippen LogP contribution in [0.15, 0.2) is 24.3 Å². The summed E-state index contributed by atoms with van der Waals surface area (Å²) >= 11 is 0. The minimum absolute atomic E-state index is 0.0299. The lowest BCUT2D eigenvalue weighted by Crippen LogP contribution is -2.14. The van der Waals surface area contributed by atoms with Gasteiger partial charge in [0.1, 0.15) is 11.6 Å². The van der Waals surface area contributed by atoms with Crippen molar-refractivity contribution in [3.63, 3.8) is 0 Å². The van der Waals surface area contributed by atoms with E-state index in [9.17, 15) is 13.6 Å². The molecule has 19 heavy (non-hydrogen) atoms. The second kappa shape index (κ2) is 5.42. The quantitative estimate of drug-likeness (QED) is 0.888. The maximum atomic E-state index is 12.0. The summed E-state index contributed by atoms with van der Waals surface area (Å²) in [5.41, 5.74) is 0.311. The monoisotopic (exact) mass is 268 g/mol. The number of halogens is 2. The molecule has 0 aliphatic rings. The number of carbonyl (C=O) groups excluding carboxylic acids is 1. The predicted molar refractivity (Wildman–Crippen MR) is 62.1 cm³/mol. The van der Waals surface area contributed by atoms with E-state index in [1.807, 2.05) is 0 Å². The molecule has 0 atom stereocenters. The molecule has 8 heteroatoms. The lowest BCUT2D eigenvalue weighted by atomic mass is 10.3. The summed E-state index contributed by atoms with van der Waals surface area (Å²) in [4.78, 5) is 15.6. The Kier molecular flexibility index (Phi) is 3.69. The summed E-state index contributed by atoms with van der Waals surface area (Å²) in [5, 5.41) is 8.69. The van der Waals surface area contributed by atoms with E-state index in [1.165, 1.54) is 24.3 Å². The van der Waals surface area contributed by atoms with Gasteiger partial charge in [-0.05, 0) is 19.1 Å². The first kappa shape index (κ1) is 12.9. The van der Waals surface area contributed by atoms with Gasteiger partial charge in [0, 0.05) is 11.8 Å². The number of H-pyrrole nitrogens is 1. The highest BCUT2D eigenvalue weighted by Gasteiger charge is 2.12. The zero-order valence-electron chi connectivity index (χ0n) is 9.85. The molecule has 0 bridgehead atoms. The lowest BCUT2D eigenvalue weighted by molar-refractivity contribution is -0.0497. The van der Waals surface area contributed by atoms with E-state index in [2.05, 4.69) is 25.2 Å². The Balaban J connectivity index is 2.08. The van der Waals surface area contributed by atoms with Crippen LogP contribution in [0.2, 0.25) is 0 Å². The van der Waals surface area contributed by atoms with E-state index < -0.39 is 12.5 Å². The van der Waals surface area contributed by atoms with Gasteiger partial charge in [0.15, 0.2) is 0 Å². The average molecular weight is 268 g/mol. The van der Waals surface area contributed by atoms with Crippen LogP contribution in [-0.4, -0.2) is 27.7 Å². The van der Waals surface area contributed by atoms with Crippen LogP contribution in [0, 0.1) is 6.92 Å². The maximum Gasteiger partial charge on any atom is 0.387 e. The average Bonchev–Trinajstić information content (AvgIpc) is 2.75. The number of nitrogens with one attached hydrogen (secondary N) is 2. The number of carbonyl (C=O) groups is 1. The molecule has 1 aromatic carbocycles. The van der Waals surface area contributed by atoms with Crippen LogP contribution in [0.1, 0.15) is 16.4 Å². The molecular formula is C11H10F2N4O2. The minimum Gasteiger partial charge on any atom is -0.435 e. The molecule has 0 fully saturated rings. The fourth-order valence-electron chi connectivity index (χ4n) is 1.38. The molecule has 0 aliphatic carbocycles. The smallest absolute Gasteiger partial charge is 0.387 e. The van der Waals surface area contributed by atoms with Gasteiger partial charge in [0.25, 0.3) is 5.91 Å². The molecule has 2 rings (SSSR count). The molecule has 0 radical (unpaired) electrons. The van der Waals surface area contributed by atoms with Crippen molar-refractivity contribution in [1.82, 2.24) is 15.2 Å². The second-order valence-corrected chi connectivity index (χ2v) is 3.60. The van der Waals surface area contributed by atoms with E-state index in [1.54, 1.807) is 6.92 Å². The van der Waals surface area contributed by atoms with Crippen LogP contribution in [0.3, 0.4) is 0 Å². The first-order valence-electron chi connectivity index (χ1n) is 5.30. The Hall–Kier alpha value is -2.51. The Morgan fingerprint density at radius 1 is 1.47 bits per heavy atom. The highest BCUT2D eigenvalue weighted by Crippen LogP contribution is 2.19. The van der Waals surface area contributed by atoms with Crippen molar-refractivity contribution in [1.29, 1.82) is 0 Å². The van der Waals surface area contributed by atoms with Gasteiger partial charge < -0.3 is 10.1 Å².